The van der Waals surface area contributed by atoms with Gasteiger partial charge in [0.15, 0.2) is 0 Å². The molecular weight excluding hydrogens is 262 g/mol. The quantitative estimate of drug-likeness (QED) is 0.822. The summed E-state index contributed by atoms with van der Waals surface area (Å²) in [5.41, 5.74) is 0.660. The van der Waals surface area contributed by atoms with Gasteiger partial charge in [-0.05, 0) is 12.1 Å². The number of hydrogen-bond acceptors (Lipinski definition) is 2. The maximum Gasteiger partial charge on any atom is 0.317 e. The number of carboxylic acid groups (broad SMARTS) is 1. The third kappa shape index (κ3) is 4.12. The number of rotatable bonds is 4. The lowest BCUT2D eigenvalue weighted by molar-refractivity contribution is -0.137. The van der Waals surface area contributed by atoms with Crippen molar-refractivity contribution in [3.63, 3.8) is 0 Å². The Hall–Kier alpha value is -1.36. The molecule has 1 amide bonds. The van der Waals surface area contributed by atoms with E-state index in [4.69, 9.17) is 5.11 Å². The molecule has 0 heterocycles. The minimum Gasteiger partial charge on any atom is -0.480 e. The second kappa shape index (κ2) is 5.50. The number of carboxylic acids is 1. The van der Waals surface area contributed by atoms with E-state index in [0.717, 1.165) is 0 Å². The first-order valence-corrected chi connectivity index (χ1v) is 5.23. The summed E-state index contributed by atoms with van der Waals surface area (Å²) in [6.07, 6.45) is -0.0930. The van der Waals surface area contributed by atoms with Gasteiger partial charge in [-0.3, -0.25) is 9.59 Å². The van der Waals surface area contributed by atoms with Gasteiger partial charge in [-0.1, -0.05) is 34.1 Å². The average Bonchev–Trinajstić information content (AvgIpc) is 2.18. The van der Waals surface area contributed by atoms with E-state index in [1.807, 2.05) is 6.07 Å². The van der Waals surface area contributed by atoms with Crippen molar-refractivity contribution in [2.75, 3.05) is 5.32 Å². The predicted molar refractivity (Wildman–Crippen MR) is 60.0 cm³/mol. The number of nitrogens with one attached hydrogen (secondary N) is 1. The fourth-order valence-electron chi connectivity index (χ4n) is 0.984. The van der Waals surface area contributed by atoms with Crippen LogP contribution in [0.15, 0.2) is 30.3 Å². The van der Waals surface area contributed by atoms with Gasteiger partial charge in [0.1, 0.15) is 4.83 Å². The standard InChI is InChI=1S/C10H10BrNO3/c11-8(10(14)15)6-9(13)12-7-4-2-1-3-5-7/h1-5,8H,6H2,(H,12,13)(H,14,15). The van der Waals surface area contributed by atoms with Gasteiger partial charge in [0.2, 0.25) is 5.91 Å². The van der Waals surface area contributed by atoms with Crippen molar-refractivity contribution in [2.45, 2.75) is 11.2 Å². The van der Waals surface area contributed by atoms with E-state index in [1.165, 1.54) is 0 Å². The van der Waals surface area contributed by atoms with Gasteiger partial charge in [-0.25, -0.2) is 0 Å². The lowest BCUT2D eigenvalue weighted by atomic mass is 10.2. The number of aliphatic carboxylic acids is 1. The third-order valence-corrected chi connectivity index (χ3v) is 2.41. The molecule has 0 aliphatic carbocycles. The summed E-state index contributed by atoms with van der Waals surface area (Å²) >= 11 is 2.90. The maximum atomic E-state index is 11.3. The molecule has 1 unspecified atom stereocenters. The molecule has 0 spiro atoms. The van der Waals surface area contributed by atoms with Crippen molar-refractivity contribution in [3.05, 3.63) is 30.3 Å². The first-order chi connectivity index (χ1) is 7.09. The molecule has 2 N–H and O–H groups in total. The van der Waals surface area contributed by atoms with E-state index < -0.39 is 10.8 Å². The molecule has 1 aromatic rings. The van der Waals surface area contributed by atoms with Crippen molar-refractivity contribution in [1.82, 2.24) is 0 Å². The fourth-order valence-corrected chi connectivity index (χ4v) is 1.28. The van der Waals surface area contributed by atoms with Gasteiger partial charge < -0.3 is 10.4 Å². The summed E-state index contributed by atoms with van der Waals surface area (Å²) in [6, 6.07) is 8.89. The Labute approximate surface area is 95.4 Å². The highest BCUT2D eigenvalue weighted by Crippen LogP contribution is 2.09. The minimum absolute atomic E-state index is 0.0930. The van der Waals surface area contributed by atoms with Gasteiger partial charge in [0.05, 0.1) is 6.42 Å². The van der Waals surface area contributed by atoms with Gasteiger partial charge >= 0.3 is 5.97 Å². The highest BCUT2D eigenvalue weighted by molar-refractivity contribution is 9.10. The Morgan fingerprint density at radius 2 is 1.93 bits per heavy atom. The maximum absolute atomic E-state index is 11.3. The van der Waals surface area contributed by atoms with E-state index in [9.17, 15) is 9.59 Å². The number of hydrogen-bond donors (Lipinski definition) is 2. The van der Waals surface area contributed by atoms with Crippen LogP contribution in [0.5, 0.6) is 0 Å². The molecule has 0 fully saturated rings. The highest BCUT2D eigenvalue weighted by Gasteiger charge is 2.17. The van der Waals surface area contributed by atoms with Crippen LogP contribution in [0.2, 0.25) is 0 Å². The second-order valence-electron chi connectivity index (χ2n) is 2.92. The number of carbonyl (C=O) groups excluding carboxylic acids is 1. The minimum atomic E-state index is -1.04. The molecule has 1 atom stereocenters. The van der Waals surface area contributed by atoms with Crippen LogP contribution in [0, 0.1) is 0 Å². The first kappa shape index (κ1) is 11.7. The Morgan fingerprint density at radius 1 is 1.33 bits per heavy atom. The largest absolute Gasteiger partial charge is 0.480 e. The smallest absolute Gasteiger partial charge is 0.317 e. The van der Waals surface area contributed by atoms with Crippen molar-refractivity contribution >= 4 is 33.5 Å². The van der Waals surface area contributed by atoms with E-state index in [0.29, 0.717) is 5.69 Å². The second-order valence-corrected chi connectivity index (χ2v) is 4.03. The molecule has 0 aromatic heterocycles. The summed E-state index contributed by atoms with van der Waals surface area (Å²) in [7, 11) is 0. The molecule has 5 heteroatoms. The summed E-state index contributed by atoms with van der Waals surface area (Å²) in [6.45, 7) is 0. The number of amides is 1. The zero-order valence-electron chi connectivity index (χ0n) is 7.81. The van der Waals surface area contributed by atoms with Gasteiger partial charge in [0, 0.05) is 5.69 Å². The van der Waals surface area contributed by atoms with Crippen LogP contribution in [-0.2, 0) is 9.59 Å². The SMILES string of the molecule is O=C(CC(Br)C(=O)O)Nc1ccccc1. The van der Waals surface area contributed by atoms with Crippen molar-refractivity contribution in [2.24, 2.45) is 0 Å². The van der Waals surface area contributed by atoms with Crippen LogP contribution in [0.3, 0.4) is 0 Å². The number of carbonyl (C=O) groups is 2. The molecule has 15 heavy (non-hydrogen) atoms. The summed E-state index contributed by atoms with van der Waals surface area (Å²) in [5, 5.41) is 11.2. The topological polar surface area (TPSA) is 66.4 Å². The number of halogens is 1. The van der Waals surface area contributed by atoms with Crippen LogP contribution in [-0.4, -0.2) is 21.8 Å². The molecule has 0 radical (unpaired) electrons. The van der Waals surface area contributed by atoms with Gasteiger partial charge in [0.25, 0.3) is 0 Å². The monoisotopic (exact) mass is 271 g/mol. The highest BCUT2D eigenvalue weighted by atomic mass is 79.9. The molecule has 0 aliphatic rings. The Balaban J connectivity index is 2.47. The van der Waals surface area contributed by atoms with Gasteiger partial charge in [-0.15, -0.1) is 0 Å². The normalized spacial score (nSPS) is 11.8. The lowest BCUT2D eigenvalue weighted by Crippen LogP contribution is -2.21. The zero-order chi connectivity index (χ0) is 11.3. The van der Waals surface area contributed by atoms with E-state index in [2.05, 4.69) is 21.2 Å². The average molecular weight is 272 g/mol. The Morgan fingerprint density at radius 3 is 2.47 bits per heavy atom. The summed E-state index contributed by atoms with van der Waals surface area (Å²) in [5.74, 6) is -1.37. The van der Waals surface area contributed by atoms with Crippen LogP contribution in [0.4, 0.5) is 5.69 Å². The van der Waals surface area contributed by atoms with Gasteiger partial charge in [-0.2, -0.15) is 0 Å². The van der Waals surface area contributed by atoms with Crippen molar-refractivity contribution < 1.29 is 14.7 Å². The molecule has 1 aromatic carbocycles. The third-order valence-electron chi connectivity index (χ3n) is 1.69. The summed E-state index contributed by atoms with van der Waals surface area (Å²) in [4.78, 5) is 20.9. The number of alkyl halides is 1. The Bertz CT molecular complexity index is 353. The molecule has 0 saturated heterocycles. The van der Waals surface area contributed by atoms with E-state index in [1.54, 1.807) is 24.3 Å². The molecule has 80 valence electrons. The number of anilines is 1. The van der Waals surface area contributed by atoms with Crippen molar-refractivity contribution in [3.8, 4) is 0 Å². The van der Waals surface area contributed by atoms with E-state index >= 15 is 0 Å². The molecule has 4 nitrogen and oxygen atoms in total. The Kier molecular flexibility index (Phi) is 4.30. The van der Waals surface area contributed by atoms with Crippen LogP contribution in [0.25, 0.3) is 0 Å². The predicted octanol–water partition coefficient (Wildman–Crippen LogP) is 1.86. The first-order valence-electron chi connectivity index (χ1n) is 4.31. The van der Waals surface area contributed by atoms with E-state index in [-0.39, 0.29) is 12.3 Å². The zero-order valence-corrected chi connectivity index (χ0v) is 9.40. The lowest BCUT2D eigenvalue weighted by Gasteiger charge is -2.06. The molecule has 0 saturated carbocycles. The fraction of sp³-hybridized carbons (Fsp3) is 0.200. The molecule has 0 aliphatic heterocycles. The molecular formula is C10H10BrNO3. The van der Waals surface area contributed by atoms with Crippen LogP contribution >= 0.6 is 15.9 Å². The number of benzene rings is 1. The van der Waals surface area contributed by atoms with Crippen LogP contribution in [0.1, 0.15) is 6.42 Å². The molecule has 0 bridgehead atoms. The summed E-state index contributed by atoms with van der Waals surface area (Å²) < 4.78 is 0. The molecule has 1 rings (SSSR count). The van der Waals surface area contributed by atoms with Crippen molar-refractivity contribution in [1.29, 1.82) is 0 Å². The number of para-hydroxylation sites is 1. The van der Waals surface area contributed by atoms with Crippen LogP contribution < -0.4 is 5.32 Å².